The Morgan fingerprint density at radius 3 is 2.00 bits per heavy atom. The summed E-state index contributed by atoms with van der Waals surface area (Å²) in [4.78, 5) is 37.6. The highest BCUT2D eigenvalue weighted by Crippen LogP contribution is 2.65. The van der Waals surface area contributed by atoms with Crippen molar-refractivity contribution in [3.63, 3.8) is 0 Å². The number of benzene rings is 1. The van der Waals surface area contributed by atoms with Gasteiger partial charge in [-0.15, -0.1) is 11.8 Å². The van der Waals surface area contributed by atoms with E-state index in [9.17, 15) is 9.13 Å². The predicted molar refractivity (Wildman–Crippen MR) is 76.7 cm³/mol. The fourth-order valence-electron chi connectivity index (χ4n) is 1.38. The summed E-state index contributed by atoms with van der Waals surface area (Å²) in [5.74, 6) is 0. The molecule has 0 fully saturated rings. The second kappa shape index (κ2) is 6.33. The van der Waals surface area contributed by atoms with E-state index in [1.165, 1.54) is 11.8 Å². The van der Waals surface area contributed by atoms with E-state index < -0.39 is 19.9 Å². The average molecular weight is 344 g/mol. The van der Waals surface area contributed by atoms with Gasteiger partial charge in [0.05, 0.1) is 0 Å². The number of aryl methyl sites for hydroxylation is 1. The molecular formula is C9H14O6P2S2. The Morgan fingerprint density at radius 1 is 1.11 bits per heavy atom. The van der Waals surface area contributed by atoms with E-state index >= 15 is 0 Å². The van der Waals surface area contributed by atoms with E-state index in [1.54, 1.807) is 18.2 Å². The van der Waals surface area contributed by atoms with Crippen LogP contribution in [0, 0.1) is 6.92 Å². The van der Waals surface area contributed by atoms with Gasteiger partial charge in [0.15, 0.2) is 0 Å². The molecule has 1 rings (SSSR count). The molecule has 0 unspecified atom stereocenters. The van der Waals surface area contributed by atoms with Crippen molar-refractivity contribution in [2.24, 2.45) is 0 Å². The van der Waals surface area contributed by atoms with Gasteiger partial charge in [0.1, 0.15) is 0 Å². The van der Waals surface area contributed by atoms with Gasteiger partial charge >= 0.3 is 15.2 Å². The Morgan fingerprint density at radius 2 is 1.63 bits per heavy atom. The van der Waals surface area contributed by atoms with Crippen LogP contribution >= 0.6 is 38.7 Å². The monoisotopic (exact) mass is 344 g/mol. The van der Waals surface area contributed by atoms with Crippen LogP contribution in [-0.4, -0.2) is 30.6 Å². The van der Waals surface area contributed by atoms with Crippen LogP contribution in [0.25, 0.3) is 0 Å². The van der Waals surface area contributed by atoms with Gasteiger partial charge < -0.3 is 19.6 Å². The maximum absolute atomic E-state index is 11.2. The summed E-state index contributed by atoms with van der Waals surface area (Å²) in [6.07, 6.45) is 1.89. The van der Waals surface area contributed by atoms with Crippen molar-refractivity contribution >= 4 is 38.7 Å². The minimum atomic E-state index is -4.90. The van der Waals surface area contributed by atoms with Crippen LogP contribution in [0.4, 0.5) is 0 Å². The standard InChI is InChI=1S/C9H14O6P2S2/c1-6-5-7(3-4-8(6)18-2)19-9(16(10,11)12)17(13,14)15/h3-5,9H,1-2H3,(H2,10,11,12)(H2,13,14,15). The Bertz CT molecular complexity index is 530. The molecule has 0 aliphatic rings. The fraction of sp³-hybridized carbons (Fsp3) is 0.333. The molecule has 0 spiro atoms. The van der Waals surface area contributed by atoms with Gasteiger partial charge in [0, 0.05) is 9.79 Å². The average Bonchev–Trinajstić information content (AvgIpc) is 2.23. The van der Waals surface area contributed by atoms with Gasteiger partial charge in [-0.25, -0.2) is 0 Å². The third-order valence-electron chi connectivity index (χ3n) is 2.18. The lowest BCUT2D eigenvalue weighted by Crippen LogP contribution is -2.04. The Balaban J connectivity index is 3.08. The molecule has 0 radical (unpaired) electrons. The zero-order valence-electron chi connectivity index (χ0n) is 10.1. The molecule has 0 aromatic heterocycles. The van der Waals surface area contributed by atoms with E-state index in [0.29, 0.717) is 16.7 Å². The summed E-state index contributed by atoms with van der Waals surface area (Å²) >= 11 is 2.02. The van der Waals surface area contributed by atoms with Crippen molar-refractivity contribution in [3.8, 4) is 0 Å². The smallest absolute Gasteiger partial charge is 0.323 e. The van der Waals surface area contributed by atoms with E-state index in [4.69, 9.17) is 19.6 Å². The van der Waals surface area contributed by atoms with Gasteiger partial charge in [-0.2, -0.15) is 0 Å². The van der Waals surface area contributed by atoms with E-state index in [1.807, 2.05) is 13.2 Å². The number of rotatable bonds is 5. The third-order valence-corrected chi connectivity index (χ3v) is 9.05. The molecular weight excluding hydrogens is 330 g/mol. The molecule has 0 aliphatic carbocycles. The molecule has 0 heterocycles. The highest BCUT2D eigenvalue weighted by atomic mass is 32.2. The highest BCUT2D eigenvalue weighted by Gasteiger charge is 2.44. The maximum atomic E-state index is 11.2. The van der Waals surface area contributed by atoms with Crippen LogP contribution in [0.1, 0.15) is 5.56 Å². The molecule has 0 saturated heterocycles. The lowest BCUT2D eigenvalue weighted by atomic mass is 10.2. The predicted octanol–water partition coefficient (Wildman–Crippen LogP) is 2.45. The maximum Gasteiger partial charge on any atom is 0.351 e. The van der Waals surface area contributed by atoms with Gasteiger partial charge in [0.2, 0.25) is 4.73 Å². The fourth-order valence-corrected chi connectivity index (χ4v) is 6.00. The van der Waals surface area contributed by atoms with Crippen LogP contribution in [0.5, 0.6) is 0 Å². The zero-order chi connectivity index (χ0) is 14.8. The van der Waals surface area contributed by atoms with Crippen molar-refractivity contribution in [1.29, 1.82) is 0 Å². The first-order chi connectivity index (χ1) is 8.55. The zero-order valence-corrected chi connectivity index (χ0v) is 13.5. The van der Waals surface area contributed by atoms with Crippen LogP contribution in [0.3, 0.4) is 0 Å². The minimum absolute atomic E-state index is 0.409. The molecule has 0 saturated carbocycles. The van der Waals surface area contributed by atoms with Gasteiger partial charge in [-0.05, 0) is 36.9 Å². The molecule has 0 atom stereocenters. The normalized spacial score (nSPS) is 13.0. The van der Waals surface area contributed by atoms with Gasteiger partial charge in [-0.1, -0.05) is 11.8 Å². The minimum Gasteiger partial charge on any atom is -0.323 e. The third kappa shape index (κ3) is 4.92. The molecule has 0 bridgehead atoms. The summed E-state index contributed by atoms with van der Waals surface area (Å²) in [5, 5.41) is 0. The molecule has 108 valence electrons. The molecule has 4 N–H and O–H groups in total. The van der Waals surface area contributed by atoms with Gasteiger partial charge in [0.25, 0.3) is 0 Å². The Hall–Kier alpha value is 0.220. The summed E-state index contributed by atoms with van der Waals surface area (Å²) in [6, 6.07) is 4.98. The molecule has 19 heavy (non-hydrogen) atoms. The van der Waals surface area contributed by atoms with E-state index in [2.05, 4.69) is 0 Å². The van der Waals surface area contributed by atoms with Gasteiger partial charge in [-0.3, -0.25) is 9.13 Å². The van der Waals surface area contributed by atoms with Crippen LogP contribution in [-0.2, 0) is 9.13 Å². The first kappa shape index (κ1) is 17.3. The topological polar surface area (TPSA) is 115 Å². The quantitative estimate of drug-likeness (QED) is 0.476. The summed E-state index contributed by atoms with van der Waals surface area (Å²) in [5.41, 5.74) is 0.882. The van der Waals surface area contributed by atoms with Crippen LogP contribution < -0.4 is 0 Å². The highest BCUT2D eigenvalue weighted by molar-refractivity contribution is 8.12. The summed E-state index contributed by atoms with van der Waals surface area (Å²) in [7, 11) is -9.80. The van der Waals surface area contributed by atoms with Crippen molar-refractivity contribution in [2.45, 2.75) is 21.4 Å². The molecule has 6 nitrogen and oxygen atoms in total. The second-order valence-electron chi connectivity index (χ2n) is 3.75. The number of hydrogen-bond donors (Lipinski definition) is 4. The lowest BCUT2D eigenvalue weighted by molar-refractivity contribution is 0.352. The molecule has 10 heteroatoms. The molecule has 1 aromatic carbocycles. The number of thioether (sulfide) groups is 2. The Labute approximate surface area is 119 Å². The largest absolute Gasteiger partial charge is 0.351 e. The van der Waals surface area contributed by atoms with E-state index in [-0.39, 0.29) is 0 Å². The molecule has 0 aliphatic heterocycles. The summed E-state index contributed by atoms with van der Waals surface area (Å²) < 4.78 is 20.3. The van der Waals surface area contributed by atoms with Crippen LogP contribution in [0.15, 0.2) is 28.0 Å². The summed E-state index contributed by atoms with van der Waals surface area (Å²) in [6.45, 7) is 1.82. The van der Waals surface area contributed by atoms with Crippen molar-refractivity contribution in [2.75, 3.05) is 6.26 Å². The van der Waals surface area contributed by atoms with Crippen LogP contribution in [0.2, 0.25) is 0 Å². The SMILES string of the molecule is CSc1ccc(SC(P(=O)(O)O)P(=O)(O)O)cc1C. The lowest BCUT2D eigenvalue weighted by Gasteiger charge is -2.19. The van der Waals surface area contributed by atoms with E-state index in [0.717, 1.165) is 10.5 Å². The Kier molecular flexibility index (Phi) is 5.75. The first-order valence-electron chi connectivity index (χ1n) is 4.97. The second-order valence-corrected chi connectivity index (χ2v) is 10.3. The van der Waals surface area contributed by atoms with Crippen molar-refractivity contribution in [1.82, 2.24) is 0 Å². The van der Waals surface area contributed by atoms with Crippen molar-refractivity contribution < 1.29 is 28.7 Å². The molecule has 0 amide bonds. The number of hydrogen-bond acceptors (Lipinski definition) is 4. The van der Waals surface area contributed by atoms with Crippen molar-refractivity contribution in [3.05, 3.63) is 23.8 Å². The molecule has 1 aromatic rings. The first-order valence-corrected chi connectivity index (χ1v) is 10.4.